The molecule has 3 unspecified atom stereocenters. The van der Waals surface area contributed by atoms with Crippen molar-refractivity contribution in [2.45, 2.75) is 110 Å². The molecule has 0 spiro atoms. The Morgan fingerprint density at radius 2 is 1.83 bits per heavy atom. The van der Waals surface area contributed by atoms with Crippen LogP contribution in [0, 0.1) is 29.1 Å². The minimum absolute atomic E-state index is 0. The molecule has 0 aromatic carbocycles. The third-order valence-electron chi connectivity index (χ3n) is 9.20. The summed E-state index contributed by atoms with van der Waals surface area (Å²) >= 11 is 6.38. The lowest BCUT2D eigenvalue weighted by Gasteiger charge is -2.49. The van der Waals surface area contributed by atoms with E-state index in [2.05, 4.69) is 48.2 Å². The first-order valence-electron chi connectivity index (χ1n) is 13.6. The van der Waals surface area contributed by atoms with Gasteiger partial charge in [0.05, 0.1) is 6.04 Å². The third-order valence-corrected chi connectivity index (χ3v) is 9.64. The molecule has 1 saturated heterocycles. The van der Waals surface area contributed by atoms with Crippen LogP contribution in [0.5, 0.6) is 0 Å². The summed E-state index contributed by atoms with van der Waals surface area (Å²) in [5.41, 5.74) is 0.319. The molecule has 3 fully saturated rings. The van der Waals surface area contributed by atoms with Gasteiger partial charge in [0.1, 0.15) is 0 Å². The Morgan fingerprint density at radius 1 is 1.14 bits per heavy atom. The Morgan fingerprint density at radius 3 is 2.47 bits per heavy atom. The fourth-order valence-corrected chi connectivity index (χ4v) is 7.43. The van der Waals surface area contributed by atoms with Gasteiger partial charge in [-0.3, -0.25) is 9.79 Å². The summed E-state index contributed by atoms with van der Waals surface area (Å²) in [4.78, 5) is 20.5. The van der Waals surface area contributed by atoms with E-state index >= 15 is 0 Å². The molecule has 0 aromatic rings. The maximum Gasteiger partial charge on any atom is 0.223 e. The van der Waals surface area contributed by atoms with Gasteiger partial charge in [-0.2, -0.15) is 0 Å². The van der Waals surface area contributed by atoms with Crippen LogP contribution >= 0.6 is 11.6 Å². The third kappa shape index (κ3) is 8.13. The molecule has 1 amide bonds. The van der Waals surface area contributed by atoms with E-state index in [1.54, 1.807) is 0 Å². The van der Waals surface area contributed by atoms with Crippen molar-refractivity contribution in [2.75, 3.05) is 26.2 Å². The van der Waals surface area contributed by atoms with Gasteiger partial charge in [0.2, 0.25) is 5.91 Å². The highest BCUT2D eigenvalue weighted by Crippen LogP contribution is 2.45. The first-order chi connectivity index (χ1) is 15.7. The molecule has 2 saturated carbocycles. The molecule has 0 bridgehead atoms. The summed E-state index contributed by atoms with van der Waals surface area (Å²) in [6.45, 7) is 13.5. The first-order valence-corrected chi connectivity index (χ1v) is 14.1. The maximum atomic E-state index is 13.2. The van der Waals surface area contributed by atoms with E-state index in [1.165, 1.54) is 32.1 Å². The lowest BCUT2D eigenvalue weighted by Crippen LogP contribution is -2.55. The normalized spacial score (nSPS) is 34.8. The molecule has 212 valence electrons. The molecular formula is C28H55ClN4O3. The van der Waals surface area contributed by atoms with E-state index in [4.69, 9.17) is 11.6 Å². The molecular weight excluding hydrogens is 476 g/mol. The van der Waals surface area contributed by atoms with E-state index < -0.39 is 0 Å². The highest BCUT2D eigenvalue weighted by Gasteiger charge is 2.42. The fourth-order valence-electron chi connectivity index (χ4n) is 7.18. The molecule has 5 atom stereocenters. The summed E-state index contributed by atoms with van der Waals surface area (Å²) in [6.07, 6.45) is 11.1. The zero-order valence-electron chi connectivity index (χ0n) is 22.4. The van der Waals surface area contributed by atoms with Crippen molar-refractivity contribution in [1.82, 2.24) is 15.5 Å². The largest absolute Gasteiger partial charge is 0.412 e. The number of piperidine rings is 1. The molecule has 2 aliphatic carbocycles. The topological polar surface area (TPSA) is 120 Å². The Hall–Kier alpha value is -0.730. The quantitative estimate of drug-likeness (QED) is 0.511. The van der Waals surface area contributed by atoms with Crippen LogP contribution in [-0.4, -0.2) is 77.7 Å². The number of hydrogen-bond acceptors (Lipinski definition) is 4. The second-order valence-electron chi connectivity index (χ2n) is 12.4. The molecule has 0 aromatic heterocycles. The van der Waals surface area contributed by atoms with E-state index in [1.807, 2.05) is 6.21 Å². The molecule has 2 heterocycles. The smallest absolute Gasteiger partial charge is 0.223 e. The zero-order valence-corrected chi connectivity index (χ0v) is 23.1. The van der Waals surface area contributed by atoms with Crippen molar-refractivity contribution in [1.29, 1.82) is 0 Å². The predicted molar refractivity (Wildman–Crippen MR) is 152 cm³/mol. The van der Waals surface area contributed by atoms with Gasteiger partial charge >= 0.3 is 0 Å². The van der Waals surface area contributed by atoms with Gasteiger partial charge in [0.15, 0.2) is 0 Å². The van der Waals surface area contributed by atoms with Crippen LogP contribution in [0.3, 0.4) is 0 Å². The summed E-state index contributed by atoms with van der Waals surface area (Å²) < 4.78 is 0. The Kier molecular flexibility index (Phi) is 13.3. The van der Waals surface area contributed by atoms with Crippen molar-refractivity contribution in [3.63, 3.8) is 0 Å². The maximum absolute atomic E-state index is 13.2. The number of fused-ring (bicyclic) bond motifs is 1. The zero-order chi connectivity index (χ0) is 23.6. The average Bonchev–Trinajstić information content (AvgIpc) is 2.78. The highest BCUT2D eigenvalue weighted by molar-refractivity contribution is 6.20. The Bertz CT molecular complexity index is 696. The minimum atomic E-state index is 0. The minimum Gasteiger partial charge on any atom is -0.412 e. The van der Waals surface area contributed by atoms with Crippen LogP contribution in [0.1, 0.15) is 86.5 Å². The Balaban J connectivity index is 0.00000216. The standard InChI is InChI=1S/C27H47ClN4O.CH4.2H2O/c1-18(2)25(31-26(33)20-7-10-23-24(15-20)30-13-12-29-23)16-32-14-11-22(27(3,4)17-32)19-5-8-21(28)9-6-19;;;/h12,18-25,30H,5-11,13-17H2,1-4H3,(H,31,33);1H4;2*1H2/t19?,20?,21?,22-,23?,24?,25+;;;/m1.../s1. The molecule has 7 nitrogen and oxygen atoms in total. The van der Waals surface area contributed by atoms with Crippen molar-refractivity contribution in [3.05, 3.63) is 0 Å². The van der Waals surface area contributed by atoms with Crippen molar-refractivity contribution in [3.8, 4) is 0 Å². The molecule has 2 aliphatic heterocycles. The molecule has 36 heavy (non-hydrogen) atoms. The van der Waals surface area contributed by atoms with Crippen LogP contribution in [0.25, 0.3) is 0 Å². The van der Waals surface area contributed by atoms with Crippen LogP contribution in [-0.2, 0) is 4.79 Å². The number of aliphatic imine (C=N–C) groups is 1. The number of rotatable bonds is 6. The number of hydrogen-bond donors (Lipinski definition) is 2. The van der Waals surface area contributed by atoms with E-state index in [0.29, 0.717) is 28.8 Å². The predicted octanol–water partition coefficient (Wildman–Crippen LogP) is 3.47. The number of nitrogens with one attached hydrogen (secondary N) is 2. The van der Waals surface area contributed by atoms with E-state index in [9.17, 15) is 4.79 Å². The summed E-state index contributed by atoms with van der Waals surface area (Å²) in [5, 5.41) is 7.42. The lowest BCUT2D eigenvalue weighted by molar-refractivity contribution is -0.127. The fraction of sp³-hybridized carbons (Fsp3) is 0.929. The monoisotopic (exact) mass is 530 g/mol. The summed E-state index contributed by atoms with van der Waals surface area (Å²) in [5.74, 6) is 2.45. The second-order valence-corrected chi connectivity index (χ2v) is 13.0. The summed E-state index contributed by atoms with van der Waals surface area (Å²) in [7, 11) is 0. The van der Waals surface area contributed by atoms with Crippen LogP contribution in [0.4, 0.5) is 0 Å². The first kappa shape index (κ1) is 33.3. The second kappa shape index (κ2) is 14.4. The highest BCUT2D eigenvalue weighted by atomic mass is 35.5. The van der Waals surface area contributed by atoms with Gasteiger partial charge in [0.25, 0.3) is 0 Å². The van der Waals surface area contributed by atoms with Gasteiger partial charge in [-0.1, -0.05) is 35.1 Å². The molecule has 4 aliphatic rings. The van der Waals surface area contributed by atoms with Gasteiger partial charge in [-0.15, -0.1) is 11.6 Å². The number of amides is 1. The van der Waals surface area contributed by atoms with Gasteiger partial charge < -0.3 is 26.5 Å². The molecule has 8 heteroatoms. The van der Waals surface area contributed by atoms with Crippen molar-refractivity contribution >= 4 is 23.7 Å². The number of nitrogens with zero attached hydrogens (tertiary/aromatic N) is 2. The molecule has 6 N–H and O–H groups in total. The van der Waals surface area contributed by atoms with Gasteiger partial charge in [-0.05, 0) is 81.1 Å². The Labute approximate surface area is 225 Å². The van der Waals surface area contributed by atoms with Crippen LogP contribution < -0.4 is 10.6 Å². The number of carbonyl (C=O) groups excluding carboxylic acids is 1. The van der Waals surface area contributed by atoms with Crippen molar-refractivity contribution in [2.24, 2.45) is 34.1 Å². The average molecular weight is 531 g/mol. The SMILES string of the molecule is C.CC(C)[C@H](CN1CC[C@H](C2CCC(Cl)CC2)C(C)(C)C1)NC(=O)C1CCC2N=CCNC2C1.O.O. The number of halogens is 1. The number of carbonyl (C=O) groups is 1. The van der Waals surface area contributed by atoms with Gasteiger partial charge in [0, 0.05) is 49.2 Å². The number of alkyl halides is 1. The van der Waals surface area contributed by atoms with Gasteiger partial charge in [-0.25, -0.2) is 0 Å². The van der Waals surface area contributed by atoms with Crippen LogP contribution in [0.2, 0.25) is 0 Å². The van der Waals surface area contributed by atoms with E-state index in [0.717, 1.165) is 57.3 Å². The van der Waals surface area contributed by atoms with E-state index in [-0.39, 0.29) is 36.2 Å². The molecule has 4 rings (SSSR count). The lowest BCUT2D eigenvalue weighted by atomic mass is 9.64. The number of likely N-dealkylation sites (tertiary alicyclic amines) is 1. The molecule has 0 radical (unpaired) electrons. The summed E-state index contributed by atoms with van der Waals surface area (Å²) in [6, 6.07) is 0.948. The van der Waals surface area contributed by atoms with Crippen LogP contribution in [0.15, 0.2) is 4.99 Å². The van der Waals surface area contributed by atoms with Crippen molar-refractivity contribution < 1.29 is 15.7 Å².